The van der Waals surface area contributed by atoms with Crippen LogP contribution in [0.1, 0.15) is 54.4 Å². The third-order valence-electron chi connectivity index (χ3n) is 5.67. The standard InChI is InChI=1S/C18H35FN2O/c1-7-18(5,6)21-15(13-20-8-10-22-11-9-20)14(19)12-16(21)17(2,3)4/h14-16H,7-13H2,1-6H3/t14-,15-,16+/m1/s1. The second kappa shape index (κ2) is 6.74. The van der Waals surface area contributed by atoms with Crippen LogP contribution in [0.4, 0.5) is 4.39 Å². The van der Waals surface area contributed by atoms with Gasteiger partial charge >= 0.3 is 0 Å². The minimum atomic E-state index is -0.724. The van der Waals surface area contributed by atoms with Crippen LogP contribution in [0, 0.1) is 5.41 Å². The normalized spacial score (nSPS) is 32.6. The first-order valence-corrected chi connectivity index (χ1v) is 8.89. The number of hydrogen-bond acceptors (Lipinski definition) is 3. The molecule has 0 radical (unpaired) electrons. The predicted molar refractivity (Wildman–Crippen MR) is 90.0 cm³/mol. The Bertz CT molecular complexity index is 361. The Kier molecular flexibility index (Phi) is 5.56. The summed E-state index contributed by atoms with van der Waals surface area (Å²) in [6, 6.07) is 0.320. The summed E-state index contributed by atoms with van der Waals surface area (Å²) in [4.78, 5) is 4.89. The number of ether oxygens (including phenoxy) is 1. The van der Waals surface area contributed by atoms with E-state index in [2.05, 4.69) is 51.3 Å². The summed E-state index contributed by atoms with van der Waals surface area (Å²) in [6.45, 7) is 17.8. The van der Waals surface area contributed by atoms with Crippen molar-refractivity contribution in [3.05, 3.63) is 0 Å². The third-order valence-corrected chi connectivity index (χ3v) is 5.67. The fraction of sp³-hybridized carbons (Fsp3) is 1.00. The summed E-state index contributed by atoms with van der Waals surface area (Å²) >= 11 is 0. The second-order valence-electron chi connectivity index (χ2n) is 8.69. The van der Waals surface area contributed by atoms with Crippen LogP contribution < -0.4 is 0 Å². The maximum Gasteiger partial charge on any atom is 0.118 e. The molecule has 2 heterocycles. The molecule has 0 unspecified atom stereocenters. The number of rotatable bonds is 4. The van der Waals surface area contributed by atoms with Crippen molar-refractivity contribution >= 4 is 0 Å². The summed E-state index contributed by atoms with van der Waals surface area (Å²) in [7, 11) is 0. The SMILES string of the molecule is CCC(C)(C)N1[C@H](CN2CCOCC2)[C@H](F)C[C@H]1C(C)(C)C. The lowest BCUT2D eigenvalue weighted by atomic mass is 9.83. The fourth-order valence-corrected chi connectivity index (χ4v) is 3.96. The first-order valence-electron chi connectivity index (χ1n) is 8.89. The van der Waals surface area contributed by atoms with Crippen molar-refractivity contribution in [3.8, 4) is 0 Å². The lowest BCUT2D eigenvalue weighted by Gasteiger charge is -2.48. The molecule has 0 saturated carbocycles. The van der Waals surface area contributed by atoms with E-state index in [0.717, 1.165) is 39.3 Å². The molecule has 0 aromatic rings. The molecule has 130 valence electrons. The van der Waals surface area contributed by atoms with Gasteiger partial charge in [-0.2, -0.15) is 0 Å². The molecule has 2 aliphatic heterocycles. The second-order valence-corrected chi connectivity index (χ2v) is 8.69. The largest absolute Gasteiger partial charge is 0.379 e. The summed E-state index contributed by atoms with van der Waals surface area (Å²) < 4.78 is 20.4. The van der Waals surface area contributed by atoms with Gasteiger partial charge in [0.05, 0.1) is 19.3 Å². The van der Waals surface area contributed by atoms with Gasteiger partial charge in [0, 0.05) is 31.2 Å². The topological polar surface area (TPSA) is 15.7 Å². The number of nitrogens with zero attached hydrogens (tertiary/aromatic N) is 2. The van der Waals surface area contributed by atoms with Crippen molar-refractivity contribution in [2.75, 3.05) is 32.8 Å². The number of alkyl halides is 1. The summed E-state index contributed by atoms with van der Waals surface area (Å²) in [6.07, 6.45) is 0.992. The van der Waals surface area contributed by atoms with Crippen LogP contribution in [0.5, 0.6) is 0 Å². The quantitative estimate of drug-likeness (QED) is 0.791. The van der Waals surface area contributed by atoms with Crippen molar-refractivity contribution in [1.29, 1.82) is 0 Å². The van der Waals surface area contributed by atoms with Crippen LogP contribution in [0.3, 0.4) is 0 Å². The molecule has 0 aromatic carbocycles. The van der Waals surface area contributed by atoms with Gasteiger partial charge in [0.1, 0.15) is 6.17 Å². The molecule has 0 amide bonds. The van der Waals surface area contributed by atoms with Crippen LogP contribution >= 0.6 is 0 Å². The highest BCUT2D eigenvalue weighted by Gasteiger charge is 2.51. The van der Waals surface area contributed by atoms with Gasteiger partial charge in [0.15, 0.2) is 0 Å². The Morgan fingerprint density at radius 1 is 1.09 bits per heavy atom. The number of hydrogen-bond donors (Lipinski definition) is 0. The van der Waals surface area contributed by atoms with Gasteiger partial charge in [-0.25, -0.2) is 4.39 Å². The Morgan fingerprint density at radius 2 is 1.68 bits per heavy atom. The molecular weight excluding hydrogens is 279 g/mol. The molecule has 2 fully saturated rings. The first kappa shape index (κ1) is 18.2. The van der Waals surface area contributed by atoms with E-state index in [1.54, 1.807) is 0 Å². The summed E-state index contributed by atoms with van der Waals surface area (Å²) in [5.74, 6) is 0. The van der Waals surface area contributed by atoms with Gasteiger partial charge < -0.3 is 4.74 Å². The molecule has 2 rings (SSSR count). The van der Waals surface area contributed by atoms with E-state index in [9.17, 15) is 4.39 Å². The van der Waals surface area contributed by atoms with E-state index in [-0.39, 0.29) is 17.0 Å². The maximum absolute atomic E-state index is 14.9. The zero-order valence-electron chi connectivity index (χ0n) is 15.4. The Hall–Kier alpha value is -0.190. The van der Waals surface area contributed by atoms with Gasteiger partial charge in [0.2, 0.25) is 0 Å². The van der Waals surface area contributed by atoms with Crippen LogP contribution in [0.25, 0.3) is 0 Å². The molecule has 22 heavy (non-hydrogen) atoms. The van der Waals surface area contributed by atoms with Gasteiger partial charge in [-0.05, 0) is 32.1 Å². The van der Waals surface area contributed by atoms with E-state index in [1.165, 1.54) is 0 Å². The Balaban J connectivity index is 2.20. The molecule has 4 heteroatoms. The molecule has 0 N–H and O–H groups in total. The molecule has 2 saturated heterocycles. The number of likely N-dealkylation sites (tertiary alicyclic amines) is 1. The third kappa shape index (κ3) is 3.82. The van der Waals surface area contributed by atoms with E-state index in [1.807, 2.05) is 0 Å². The smallest absolute Gasteiger partial charge is 0.118 e. The highest BCUT2D eigenvalue weighted by molar-refractivity contribution is 5.05. The molecule has 0 spiro atoms. The lowest BCUT2D eigenvalue weighted by Crippen LogP contribution is -2.58. The van der Waals surface area contributed by atoms with Crippen molar-refractivity contribution in [2.24, 2.45) is 5.41 Å². The molecular formula is C18H35FN2O. The van der Waals surface area contributed by atoms with Gasteiger partial charge in [-0.3, -0.25) is 9.80 Å². The number of halogens is 1. The minimum Gasteiger partial charge on any atom is -0.379 e. The van der Waals surface area contributed by atoms with E-state index < -0.39 is 6.17 Å². The molecule has 3 atom stereocenters. The van der Waals surface area contributed by atoms with E-state index >= 15 is 0 Å². The average molecular weight is 314 g/mol. The highest BCUT2D eigenvalue weighted by atomic mass is 19.1. The van der Waals surface area contributed by atoms with E-state index in [4.69, 9.17) is 4.74 Å². The number of morpholine rings is 1. The summed E-state index contributed by atoms with van der Waals surface area (Å²) in [5, 5.41) is 0. The zero-order valence-corrected chi connectivity index (χ0v) is 15.4. The zero-order chi connectivity index (χ0) is 16.5. The predicted octanol–water partition coefficient (Wildman–Crippen LogP) is 3.33. The van der Waals surface area contributed by atoms with E-state index in [0.29, 0.717) is 12.5 Å². The van der Waals surface area contributed by atoms with Crippen LogP contribution in [0.2, 0.25) is 0 Å². The fourth-order valence-electron chi connectivity index (χ4n) is 3.96. The molecule has 0 bridgehead atoms. The summed E-state index contributed by atoms with van der Waals surface area (Å²) in [5.41, 5.74) is 0.145. The molecule has 0 aliphatic carbocycles. The maximum atomic E-state index is 14.9. The Labute approximate surface area is 136 Å². The average Bonchev–Trinajstić information content (AvgIpc) is 2.78. The lowest BCUT2D eigenvalue weighted by molar-refractivity contribution is -0.0224. The first-order chi connectivity index (χ1) is 10.2. The monoisotopic (exact) mass is 314 g/mol. The van der Waals surface area contributed by atoms with Gasteiger partial charge in [-0.1, -0.05) is 27.7 Å². The van der Waals surface area contributed by atoms with Gasteiger partial charge in [-0.15, -0.1) is 0 Å². The van der Waals surface area contributed by atoms with Crippen molar-refractivity contribution < 1.29 is 9.13 Å². The van der Waals surface area contributed by atoms with Crippen LogP contribution in [-0.2, 0) is 4.74 Å². The molecule has 2 aliphatic rings. The van der Waals surface area contributed by atoms with Crippen molar-refractivity contribution in [2.45, 2.75) is 78.2 Å². The molecule has 0 aromatic heterocycles. The van der Waals surface area contributed by atoms with Crippen molar-refractivity contribution in [3.63, 3.8) is 0 Å². The minimum absolute atomic E-state index is 0.0114. The van der Waals surface area contributed by atoms with Gasteiger partial charge in [0.25, 0.3) is 0 Å². The van der Waals surface area contributed by atoms with Crippen LogP contribution in [0.15, 0.2) is 0 Å². The van der Waals surface area contributed by atoms with Crippen molar-refractivity contribution in [1.82, 2.24) is 9.80 Å². The Morgan fingerprint density at radius 3 is 2.18 bits per heavy atom. The highest BCUT2D eigenvalue weighted by Crippen LogP contribution is 2.43. The molecule has 3 nitrogen and oxygen atoms in total. The van der Waals surface area contributed by atoms with Crippen LogP contribution in [-0.4, -0.2) is 66.4 Å².